The molecule has 2 fully saturated rings. The number of aliphatic carboxylic acids is 1. The number of hydrogen-bond donors (Lipinski definition) is 1. The summed E-state index contributed by atoms with van der Waals surface area (Å²) in [5.41, 5.74) is -1.18. The summed E-state index contributed by atoms with van der Waals surface area (Å²) in [5.74, 6) is -0.731. The fourth-order valence-corrected chi connectivity index (χ4v) is 3.24. The number of hydrogen-bond acceptors (Lipinski definition) is 3. The van der Waals surface area contributed by atoms with Crippen molar-refractivity contribution in [2.45, 2.75) is 39.0 Å². The van der Waals surface area contributed by atoms with Crippen molar-refractivity contribution in [3.8, 4) is 0 Å². The van der Waals surface area contributed by atoms with Gasteiger partial charge in [-0.25, -0.2) is 0 Å². The van der Waals surface area contributed by atoms with Crippen molar-refractivity contribution in [1.29, 1.82) is 0 Å². The lowest BCUT2D eigenvalue weighted by molar-refractivity contribution is -0.163. The quantitative estimate of drug-likeness (QED) is 0.840. The van der Waals surface area contributed by atoms with Gasteiger partial charge in [0.25, 0.3) is 0 Å². The van der Waals surface area contributed by atoms with Crippen molar-refractivity contribution in [2.24, 2.45) is 10.8 Å². The zero-order chi connectivity index (χ0) is 14.1. The van der Waals surface area contributed by atoms with Gasteiger partial charge in [-0.05, 0) is 25.7 Å². The topological polar surface area (TPSA) is 66.8 Å². The predicted molar refractivity (Wildman–Crippen MR) is 69.7 cm³/mol. The molecule has 0 bridgehead atoms. The van der Waals surface area contributed by atoms with E-state index in [0.29, 0.717) is 13.0 Å². The first kappa shape index (κ1) is 14.3. The SMILES string of the molecule is COCC1(C(=O)O)CCCN(C(=O)C2(C)CCC2)C1. The number of likely N-dealkylation sites (tertiary alicyclic amines) is 1. The van der Waals surface area contributed by atoms with Crippen molar-refractivity contribution < 1.29 is 19.4 Å². The van der Waals surface area contributed by atoms with Crippen LogP contribution in [0.4, 0.5) is 0 Å². The summed E-state index contributed by atoms with van der Waals surface area (Å²) in [5, 5.41) is 9.48. The van der Waals surface area contributed by atoms with E-state index < -0.39 is 11.4 Å². The van der Waals surface area contributed by atoms with E-state index in [1.165, 1.54) is 7.11 Å². The molecule has 1 saturated carbocycles. The zero-order valence-electron chi connectivity index (χ0n) is 11.8. The summed E-state index contributed by atoms with van der Waals surface area (Å²) >= 11 is 0. The molecular weight excluding hydrogens is 246 g/mol. The lowest BCUT2D eigenvalue weighted by Gasteiger charge is -2.45. The number of ether oxygens (including phenoxy) is 1. The predicted octanol–water partition coefficient (Wildman–Crippen LogP) is 1.52. The van der Waals surface area contributed by atoms with Crippen LogP contribution in [0.15, 0.2) is 0 Å². The number of carboxylic acid groups (broad SMARTS) is 1. The van der Waals surface area contributed by atoms with Crippen LogP contribution in [0, 0.1) is 10.8 Å². The third-order valence-corrected chi connectivity index (χ3v) is 4.71. The Hall–Kier alpha value is -1.10. The molecule has 0 spiro atoms. The van der Waals surface area contributed by atoms with Gasteiger partial charge in [-0.3, -0.25) is 9.59 Å². The molecule has 0 aromatic carbocycles. The Bertz CT molecular complexity index is 374. The highest BCUT2D eigenvalue weighted by atomic mass is 16.5. The van der Waals surface area contributed by atoms with Crippen LogP contribution < -0.4 is 0 Å². The summed E-state index contributed by atoms with van der Waals surface area (Å²) in [7, 11) is 1.51. The Kier molecular flexibility index (Phi) is 3.85. The van der Waals surface area contributed by atoms with E-state index in [2.05, 4.69) is 0 Å². The van der Waals surface area contributed by atoms with Crippen LogP contribution in [-0.4, -0.2) is 48.7 Å². The van der Waals surface area contributed by atoms with Crippen molar-refractivity contribution in [3.63, 3.8) is 0 Å². The number of amides is 1. The van der Waals surface area contributed by atoms with Crippen molar-refractivity contribution in [3.05, 3.63) is 0 Å². The fraction of sp³-hybridized carbons (Fsp3) is 0.857. The Morgan fingerprint density at radius 2 is 1.95 bits per heavy atom. The summed E-state index contributed by atoms with van der Waals surface area (Å²) < 4.78 is 5.08. The Labute approximate surface area is 113 Å². The van der Waals surface area contributed by atoms with E-state index in [1.54, 1.807) is 4.90 Å². The van der Waals surface area contributed by atoms with Crippen molar-refractivity contribution in [1.82, 2.24) is 4.90 Å². The minimum atomic E-state index is -0.928. The largest absolute Gasteiger partial charge is 0.481 e. The first-order chi connectivity index (χ1) is 8.93. The molecule has 5 nitrogen and oxygen atoms in total. The molecule has 1 saturated heterocycles. The van der Waals surface area contributed by atoms with E-state index in [1.807, 2.05) is 6.92 Å². The highest BCUT2D eigenvalue weighted by Crippen LogP contribution is 2.43. The summed E-state index contributed by atoms with van der Waals surface area (Å²) in [6.45, 7) is 3.12. The van der Waals surface area contributed by atoms with Crippen LogP contribution in [-0.2, 0) is 14.3 Å². The van der Waals surface area contributed by atoms with E-state index in [-0.39, 0.29) is 24.5 Å². The van der Waals surface area contributed by atoms with Gasteiger partial charge in [0.1, 0.15) is 5.41 Å². The number of methoxy groups -OCH3 is 1. The average Bonchev–Trinajstić information content (AvgIpc) is 2.35. The molecule has 0 radical (unpaired) electrons. The van der Waals surface area contributed by atoms with E-state index in [9.17, 15) is 14.7 Å². The van der Waals surface area contributed by atoms with Crippen LogP contribution in [0.25, 0.3) is 0 Å². The smallest absolute Gasteiger partial charge is 0.313 e. The van der Waals surface area contributed by atoms with E-state index in [4.69, 9.17) is 4.74 Å². The number of carboxylic acids is 1. The minimum absolute atomic E-state index is 0.125. The lowest BCUT2D eigenvalue weighted by Crippen LogP contribution is -2.56. The molecule has 1 amide bonds. The van der Waals surface area contributed by atoms with Crippen molar-refractivity contribution >= 4 is 11.9 Å². The maximum absolute atomic E-state index is 12.5. The Morgan fingerprint density at radius 1 is 1.26 bits per heavy atom. The first-order valence-electron chi connectivity index (χ1n) is 6.95. The van der Waals surface area contributed by atoms with Gasteiger partial charge < -0.3 is 14.7 Å². The molecule has 1 aliphatic carbocycles. The molecule has 1 heterocycles. The second-order valence-corrected chi connectivity index (χ2v) is 6.26. The minimum Gasteiger partial charge on any atom is -0.481 e. The van der Waals surface area contributed by atoms with Gasteiger partial charge >= 0.3 is 5.97 Å². The van der Waals surface area contributed by atoms with Crippen LogP contribution >= 0.6 is 0 Å². The monoisotopic (exact) mass is 269 g/mol. The summed E-state index contributed by atoms with van der Waals surface area (Å²) in [6, 6.07) is 0. The molecule has 1 aliphatic heterocycles. The second kappa shape index (κ2) is 5.12. The molecule has 1 atom stereocenters. The standard InChI is InChI=1S/C14H23NO4/c1-13(5-3-6-13)11(16)15-8-4-7-14(9-15,10-19-2)12(17)18/h3-10H2,1-2H3,(H,17,18). The molecule has 5 heteroatoms. The fourth-order valence-electron chi connectivity index (χ4n) is 3.24. The normalized spacial score (nSPS) is 29.7. The number of nitrogens with zero attached hydrogens (tertiary/aromatic N) is 1. The third-order valence-electron chi connectivity index (χ3n) is 4.71. The molecule has 2 rings (SSSR count). The van der Waals surface area contributed by atoms with Crippen LogP contribution in [0.3, 0.4) is 0 Å². The molecule has 19 heavy (non-hydrogen) atoms. The Morgan fingerprint density at radius 3 is 2.42 bits per heavy atom. The average molecular weight is 269 g/mol. The summed E-state index contributed by atoms with van der Waals surface area (Å²) in [6.07, 6.45) is 4.26. The molecule has 0 aromatic heterocycles. The van der Waals surface area contributed by atoms with Gasteiger partial charge in [0.05, 0.1) is 6.61 Å². The Balaban J connectivity index is 2.11. The van der Waals surface area contributed by atoms with Crippen LogP contribution in [0.1, 0.15) is 39.0 Å². The molecule has 2 aliphatic rings. The van der Waals surface area contributed by atoms with E-state index >= 15 is 0 Å². The molecular formula is C14H23NO4. The zero-order valence-corrected chi connectivity index (χ0v) is 11.8. The number of rotatable bonds is 4. The van der Waals surface area contributed by atoms with Gasteiger partial charge in [-0.15, -0.1) is 0 Å². The lowest BCUT2D eigenvalue weighted by atomic mass is 9.68. The highest BCUT2D eigenvalue weighted by molar-refractivity contribution is 5.84. The van der Waals surface area contributed by atoms with Crippen LogP contribution in [0.5, 0.6) is 0 Å². The maximum Gasteiger partial charge on any atom is 0.313 e. The molecule has 108 valence electrons. The highest BCUT2D eigenvalue weighted by Gasteiger charge is 2.48. The van der Waals surface area contributed by atoms with Gasteiger partial charge in [0.15, 0.2) is 0 Å². The van der Waals surface area contributed by atoms with Crippen LogP contribution in [0.2, 0.25) is 0 Å². The maximum atomic E-state index is 12.5. The van der Waals surface area contributed by atoms with Gasteiger partial charge in [0.2, 0.25) is 5.91 Å². The van der Waals surface area contributed by atoms with Gasteiger partial charge in [-0.1, -0.05) is 13.3 Å². The number of carbonyl (C=O) groups excluding carboxylic acids is 1. The van der Waals surface area contributed by atoms with Gasteiger partial charge in [0, 0.05) is 25.6 Å². The molecule has 0 aromatic rings. The summed E-state index contributed by atoms with van der Waals surface area (Å²) in [4.78, 5) is 25.8. The number of piperidine rings is 1. The van der Waals surface area contributed by atoms with Gasteiger partial charge in [-0.2, -0.15) is 0 Å². The third kappa shape index (κ3) is 2.48. The number of carbonyl (C=O) groups is 2. The second-order valence-electron chi connectivity index (χ2n) is 6.26. The molecule has 1 N–H and O–H groups in total. The van der Waals surface area contributed by atoms with Crippen molar-refractivity contribution in [2.75, 3.05) is 26.8 Å². The van der Waals surface area contributed by atoms with E-state index in [0.717, 1.165) is 25.7 Å². The molecule has 1 unspecified atom stereocenters. The first-order valence-corrected chi connectivity index (χ1v) is 6.95.